The highest BCUT2D eigenvalue weighted by Gasteiger charge is 2.33. The third-order valence-electron chi connectivity index (χ3n) is 4.55. The number of carbonyl (C=O) groups excluding carboxylic acids is 1. The molecular weight excluding hydrogens is 436 g/mol. The highest BCUT2D eigenvalue weighted by atomic mass is 35.5. The average Bonchev–Trinajstić information content (AvgIpc) is 3.14. The fourth-order valence-electron chi connectivity index (χ4n) is 3.07. The highest BCUT2D eigenvalue weighted by molar-refractivity contribution is 7.99. The fraction of sp³-hybridized carbons (Fsp3) is 0.421. The number of nitrogens with one attached hydrogen (secondary N) is 1. The number of rotatable bonds is 7. The molecule has 1 aliphatic heterocycles. The number of benzene rings is 1. The van der Waals surface area contributed by atoms with Crippen molar-refractivity contribution in [2.45, 2.75) is 28.9 Å². The summed E-state index contributed by atoms with van der Waals surface area (Å²) in [6.07, 6.45) is 1.41. The maximum absolute atomic E-state index is 12.8. The number of halogens is 1. The SMILES string of the molecule is Cc1ccc(S(=O)(=O)N2CCC[C@H](C(=O)NCCSc3ccc(Cl)cc3)C2)s1. The molecule has 0 bridgehead atoms. The van der Waals surface area contributed by atoms with E-state index in [1.807, 2.05) is 37.3 Å². The van der Waals surface area contributed by atoms with Crippen LogP contribution in [-0.4, -0.2) is 44.0 Å². The molecule has 0 spiro atoms. The number of hydrogen-bond donors (Lipinski definition) is 1. The molecule has 1 saturated heterocycles. The highest BCUT2D eigenvalue weighted by Crippen LogP contribution is 2.28. The lowest BCUT2D eigenvalue weighted by atomic mass is 9.99. The van der Waals surface area contributed by atoms with E-state index >= 15 is 0 Å². The molecule has 2 aromatic rings. The summed E-state index contributed by atoms with van der Waals surface area (Å²) in [5.41, 5.74) is 0. The van der Waals surface area contributed by atoms with Crippen LogP contribution in [-0.2, 0) is 14.8 Å². The lowest BCUT2D eigenvalue weighted by Gasteiger charge is -2.30. The van der Waals surface area contributed by atoms with Gasteiger partial charge in [-0.25, -0.2) is 8.42 Å². The molecule has 1 aromatic carbocycles. The van der Waals surface area contributed by atoms with Crippen molar-refractivity contribution in [3.8, 4) is 0 Å². The Morgan fingerprint density at radius 1 is 1.29 bits per heavy atom. The summed E-state index contributed by atoms with van der Waals surface area (Å²) < 4.78 is 27.4. The minimum atomic E-state index is -3.52. The maximum atomic E-state index is 12.8. The lowest BCUT2D eigenvalue weighted by Crippen LogP contribution is -2.45. The van der Waals surface area contributed by atoms with Gasteiger partial charge in [-0.05, 0) is 56.2 Å². The third kappa shape index (κ3) is 5.51. The van der Waals surface area contributed by atoms with E-state index in [0.29, 0.717) is 35.2 Å². The van der Waals surface area contributed by atoms with Gasteiger partial charge in [0.05, 0.1) is 5.92 Å². The first-order valence-corrected chi connectivity index (χ1v) is 12.7. The van der Waals surface area contributed by atoms with Gasteiger partial charge in [0.25, 0.3) is 10.0 Å². The molecule has 1 atom stereocenters. The Morgan fingerprint density at radius 3 is 2.71 bits per heavy atom. The molecule has 1 aromatic heterocycles. The van der Waals surface area contributed by atoms with Gasteiger partial charge >= 0.3 is 0 Å². The van der Waals surface area contributed by atoms with Crippen molar-refractivity contribution in [1.82, 2.24) is 9.62 Å². The molecule has 0 unspecified atom stereocenters. The van der Waals surface area contributed by atoms with Gasteiger partial charge in [0, 0.05) is 40.2 Å². The fourth-order valence-corrected chi connectivity index (χ4v) is 6.93. The Hall–Kier alpha value is -1.06. The van der Waals surface area contributed by atoms with Gasteiger partial charge in [-0.3, -0.25) is 4.79 Å². The minimum Gasteiger partial charge on any atom is -0.355 e. The molecule has 1 fully saturated rings. The first-order chi connectivity index (χ1) is 13.4. The number of thiophene rings is 1. The van der Waals surface area contributed by atoms with Gasteiger partial charge in [0.15, 0.2) is 0 Å². The van der Waals surface area contributed by atoms with Crippen LogP contribution in [0.3, 0.4) is 0 Å². The van der Waals surface area contributed by atoms with Crippen LogP contribution in [0.15, 0.2) is 45.5 Å². The van der Waals surface area contributed by atoms with Gasteiger partial charge in [0.2, 0.25) is 5.91 Å². The molecule has 2 heterocycles. The maximum Gasteiger partial charge on any atom is 0.252 e. The number of nitrogens with zero attached hydrogens (tertiary/aromatic N) is 1. The molecule has 0 saturated carbocycles. The standard InChI is InChI=1S/C19H23ClN2O3S3/c1-14-4-9-18(27-14)28(24,25)22-11-2-3-15(13-22)19(23)21-10-12-26-17-7-5-16(20)6-8-17/h4-9,15H,2-3,10-13H2,1H3,(H,21,23)/t15-/m0/s1. The molecule has 3 rings (SSSR count). The molecule has 1 aliphatic rings. The number of piperidine rings is 1. The van der Waals surface area contributed by atoms with Crippen LogP contribution in [0.25, 0.3) is 0 Å². The zero-order valence-electron chi connectivity index (χ0n) is 15.6. The Kier molecular flexibility index (Phi) is 7.44. The van der Waals surface area contributed by atoms with Gasteiger partial charge in [-0.15, -0.1) is 23.1 Å². The number of amides is 1. The molecule has 9 heteroatoms. The van der Waals surface area contributed by atoms with Crippen LogP contribution in [0.5, 0.6) is 0 Å². The Labute approximate surface area is 179 Å². The summed E-state index contributed by atoms with van der Waals surface area (Å²) in [7, 11) is -3.52. The Bertz CT molecular complexity index is 913. The second-order valence-corrected chi connectivity index (χ2v) is 11.7. The van der Waals surface area contributed by atoms with Crippen molar-refractivity contribution in [3.63, 3.8) is 0 Å². The summed E-state index contributed by atoms with van der Waals surface area (Å²) in [6.45, 7) is 3.14. The van der Waals surface area contributed by atoms with Crippen LogP contribution in [0.1, 0.15) is 17.7 Å². The van der Waals surface area contributed by atoms with Gasteiger partial charge in [-0.1, -0.05) is 11.6 Å². The topological polar surface area (TPSA) is 66.5 Å². The van der Waals surface area contributed by atoms with Crippen molar-refractivity contribution < 1.29 is 13.2 Å². The monoisotopic (exact) mass is 458 g/mol. The van der Waals surface area contributed by atoms with E-state index < -0.39 is 10.0 Å². The quantitative estimate of drug-likeness (QED) is 0.502. The molecule has 0 radical (unpaired) electrons. The van der Waals surface area contributed by atoms with E-state index in [1.54, 1.807) is 17.8 Å². The predicted octanol–water partition coefficient (Wildman–Crippen LogP) is 4.02. The van der Waals surface area contributed by atoms with E-state index in [-0.39, 0.29) is 18.4 Å². The van der Waals surface area contributed by atoms with Crippen LogP contribution in [0.2, 0.25) is 5.02 Å². The predicted molar refractivity (Wildman–Crippen MR) is 116 cm³/mol. The van der Waals surface area contributed by atoms with E-state index in [0.717, 1.165) is 15.5 Å². The smallest absolute Gasteiger partial charge is 0.252 e. The number of aryl methyl sites for hydroxylation is 1. The van der Waals surface area contributed by atoms with Crippen molar-refractivity contribution in [3.05, 3.63) is 46.3 Å². The lowest BCUT2D eigenvalue weighted by molar-refractivity contribution is -0.125. The Morgan fingerprint density at radius 2 is 2.04 bits per heavy atom. The van der Waals surface area contributed by atoms with Crippen LogP contribution in [0, 0.1) is 12.8 Å². The second kappa shape index (κ2) is 9.63. The molecule has 0 aliphatic carbocycles. The largest absolute Gasteiger partial charge is 0.355 e. The Balaban J connectivity index is 1.49. The molecule has 152 valence electrons. The molecule has 1 N–H and O–H groups in total. The van der Waals surface area contributed by atoms with Gasteiger partial charge in [-0.2, -0.15) is 4.31 Å². The summed E-state index contributed by atoms with van der Waals surface area (Å²) >= 11 is 8.79. The number of sulfonamides is 1. The van der Waals surface area contributed by atoms with Gasteiger partial charge < -0.3 is 5.32 Å². The number of carbonyl (C=O) groups is 1. The molecular formula is C19H23ClN2O3S3. The summed E-state index contributed by atoms with van der Waals surface area (Å²) in [5.74, 6) is 0.375. The summed E-state index contributed by atoms with van der Waals surface area (Å²) in [5, 5.41) is 3.65. The first-order valence-electron chi connectivity index (χ1n) is 9.09. The van der Waals surface area contributed by atoms with E-state index in [4.69, 9.17) is 11.6 Å². The molecule has 5 nitrogen and oxygen atoms in total. The first kappa shape index (κ1) is 21.6. The average molecular weight is 459 g/mol. The number of hydrogen-bond acceptors (Lipinski definition) is 5. The second-order valence-electron chi connectivity index (χ2n) is 6.66. The van der Waals surface area contributed by atoms with Crippen molar-refractivity contribution in [1.29, 1.82) is 0 Å². The number of thioether (sulfide) groups is 1. The molecule has 1 amide bonds. The van der Waals surface area contributed by atoms with Crippen LogP contribution in [0.4, 0.5) is 0 Å². The van der Waals surface area contributed by atoms with Crippen LogP contribution < -0.4 is 5.32 Å². The van der Waals surface area contributed by atoms with Gasteiger partial charge in [0.1, 0.15) is 4.21 Å². The van der Waals surface area contributed by atoms with Crippen molar-refractivity contribution >= 4 is 50.6 Å². The zero-order valence-corrected chi connectivity index (χ0v) is 18.8. The van der Waals surface area contributed by atoms with E-state index in [2.05, 4.69) is 5.32 Å². The van der Waals surface area contributed by atoms with Crippen molar-refractivity contribution in [2.24, 2.45) is 5.92 Å². The normalized spacial score (nSPS) is 18.1. The van der Waals surface area contributed by atoms with Crippen molar-refractivity contribution in [2.75, 3.05) is 25.4 Å². The minimum absolute atomic E-state index is 0.0704. The van der Waals surface area contributed by atoms with E-state index in [1.165, 1.54) is 15.6 Å². The third-order valence-corrected chi connectivity index (χ3v) is 9.15. The van der Waals surface area contributed by atoms with Crippen LogP contribution >= 0.6 is 34.7 Å². The van der Waals surface area contributed by atoms with E-state index in [9.17, 15) is 13.2 Å². The molecule has 28 heavy (non-hydrogen) atoms. The summed E-state index contributed by atoms with van der Waals surface area (Å²) in [6, 6.07) is 11.0. The zero-order chi connectivity index (χ0) is 20.1. The summed E-state index contributed by atoms with van der Waals surface area (Å²) in [4.78, 5) is 14.6.